The smallest absolute Gasteiger partial charge is 0.309 e. The van der Waals surface area contributed by atoms with Crippen LogP contribution in [0.25, 0.3) is 0 Å². The van der Waals surface area contributed by atoms with E-state index in [0.29, 0.717) is 0 Å². The maximum Gasteiger partial charge on any atom is 0.309 e. The topological polar surface area (TPSA) is 37.3 Å². The Balaban J connectivity index is 4.23. The van der Waals surface area contributed by atoms with Gasteiger partial charge in [0.15, 0.2) is 0 Å². The quantitative estimate of drug-likeness (QED) is 0.659. The predicted molar refractivity (Wildman–Crippen MR) is 40.9 cm³/mol. The summed E-state index contributed by atoms with van der Waals surface area (Å²) >= 11 is 0. The van der Waals surface area contributed by atoms with Crippen LogP contribution in [-0.2, 0) is 4.79 Å². The summed E-state index contributed by atoms with van der Waals surface area (Å²) in [5.74, 6) is -0.466. The lowest BCUT2D eigenvalue weighted by Gasteiger charge is -2.25. The number of hydrogen-bond donors (Lipinski definition) is 1. The van der Waals surface area contributed by atoms with Crippen molar-refractivity contribution in [1.82, 2.24) is 0 Å². The van der Waals surface area contributed by atoms with E-state index in [1.807, 2.05) is 13.8 Å². The predicted octanol–water partition coefficient (Wildman–Crippen LogP) is 2.14. The molecule has 0 unspecified atom stereocenters. The van der Waals surface area contributed by atoms with E-state index in [2.05, 4.69) is 0 Å². The summed E-state index contributed by atoms with van der Waals surface area (Å²) in [4.78, 5) is 10.6. The average molecular weight is 144 g/mol. The van der Waals surface area contributed by atoms with Crippen LogP contribution in [0.4, 0.5) is 0 Å². The fraction of sp³-hybridized carbons (Fsp3) is 0.875. The third-order valence-corrected chi connectivity index (χ3v) is 2.40. The molecule has 2 nitrogen and oxygen atoms in total. The van der Waals surface area contributed by atoms with Gasteiger partial charge in [0.25, 0.3) is 0 Å². The molecule has 0 fully saturated rings. The van der Waals surface area contributed by atoms with E-state index < -0.39 is 11.4 Å². The first-order chi connectivity index (χ1) is 4.42. The molecule has 0 saturated carbocycles. The molecule has 0 radical (unpaired) electrons. The molecule has 10 heavy (non-hydrogen) atoms. The Morgan fingerprint density at radius 1 is 1.60 bits per heavy atom. The van der Waals surface area contributed by atoms with Crippen molar-refractivity contribution in [3.05, 3.63) is 0 Å². The molecule has 2 heteroatoms. The zero-order valence-corrected chi connectivity index (χ0v) is 7.14. The first kappa shape index (κ1) is 9.47. The normalized spacial score (nSPS) is 14.8. The zero-order valence-electron chi connectivity index (χ0n) is 7.14. The third-order valence-electron chi connectivity index (χ3n) is 2.40. The maximum absolute atomic E-state index is 10.6. The van der Waals surface area contributed by atoms with Crippen LogP contribution in [0.3, 0.4) is 0 Å². The van der Waals surface area contributed by atoms with Crippen molar-refractivity contribution in [3.63, 3.8) is 0 Å². The van der Waals surface area contributed by atoms with Gasteiger partial charge in [-0.05, 0) is 19.8 Å². The number of carboxylic acid groups (broad SMARTS) is 1. The van der Waals surface area contributed by atoms with Gasteiger partial charge in [-0.25, -0.2) is 0 Å². The van der Waals surface area contributed by atoms with Crippen LogP contribution in [0.5, 0.6) is 0 Å². The summed E-state index contributed by atoms with van der Waals surface area (Å²) in [7, 11) is 0. The largest absolute Gasteiger partial charge is 0.481 e. The second kappa shape index (κ2) is 3.04. The van der Waals surface area contributed by atoms with Crippen molar-refractivity contribution in [2.75, 3.05) is 0 Å². The first-order valence-electron chi connectivity index (χ1n) is 3.66. The van der Waals surface area contributed by atoms with Crippen molar-refractivity contribution in [3.8, 4) is 0 Å². The maximum atomic E-state index is 10.6. The zero-order chi connectivity index (χ0) is 8.36. The molecule has 0 spiro atoms. The van der Waals surface area contributed by atoms with Gasteiger partial charge >= 0.3 is 5.97 Å². The highest BCUT2D eigenvalue weighted by Crippen LogP contribution is 2.28. The molecule has 0 saturated heterocycles. The molecular formula is C8H16O2. The summed E-state index contributed by atoms with van der Waals surface area (Å²) in [5.41, 5.74) is -0.575. The Kier molecular flexibility index (Phi) is 2.88. The Morgan fingerprint density at radius 2 is 2.00 bits per heavy atom. The molecule has 60 valence electrons. The van der Waals surface area contributed by atoms with E-state index in [9.17, 15) is 4.79 Å². The van der Waals surface area contributed by atoms with Gasteiger partial charge in [0.2, 0.25) is 0 Å². The lowest BCUT2D eigenvalue weighted by molar-refractivity contribution is -0.149. The minimum Gasteiger partial charge on any atom is -0.481 e. The lowest BCUT2D eigenvalue weighted by atomic mass is 9.79. The van der Waals surface area contributed by atoms with Crippen LogP contribution in [0.15, 0.2) is 0 Å². The van der Waals surface area contributed by atoms with Crippen LogP contribution in [0, 0.1) is 11.3 Å². The molecule has 0 heterocycles. The highest BCUT2D eigenvalue weighted by Gasteiger charge is 2.32. The van der Waals surface area contributed by atoms with Crippen LogP contribution in [0.2, 0.25) is 0 Å². The molecular weight excluding hydrogens is 128 g/mol. The second-order valence-corrected chi connectivity index (χ2v) is 3.34. The lowest BCUT2D eigenvalue weighted by Crippen LogP contribution is -2.30. The Labute approximate surface area is 62.2 Å². The van der Waals surface area contributed by atoms with Gasteiger partial charge in [0, 0.05) is 0 Å². The van der Waals surface area contributed by atoms with E-state index in [0.717, 1.165) is 6.42 Å². The van der Waals surface area contributed by atoms with Crippen molar-refractivity contribution >= 4 is 5.97 Å². The number of rotatable bonds is 3. The van der Waals surface area contributed by atoms with Gasteiger partial charge in [-0.3, -0.25) is 4.79 Å². The summed E-state index contributed by atoms with van der Waals surface area (Å²) < 4.78 is 0. The van der Waals surface area contributed by atoms with Gasteiger partial charge < -0.3 is 5.11 Å². The number of carbonyl (C=O) groups is 1. The van der Waals surface area contributed by atoms with Gasteiger partial charge in [0.05, 0.1) is 5.41 Å². The SMILES string of the molecule is CC[C@@H](C)C(C)(C)C(=O)O. The highest BCUT2D eigenvalue weighted by molar-refractivity contribution is 5.73. The van der Waals surface area contributed by atoms with Crippen LogP contribution >= 0.6 is 0 Å². The Hall–Kier alpha value is -0.530. The minimum atomic E-state index is -0.707. The van der Waals surface area contributed by atoms with Gasteiger partial charge in [-0.1, -0.05) is 20.3 Å². The van der Waals surface area contributed by atoms with E-state index >= 15 is 0 Å². The van der Waals surface area contributed by atoms with Crippen LogP contribution in [0.1, 0.15) is 34.1 Å². The fourth-order valence-corrected chi connectivity index (χ4v) is 0.721. The van der Waals surface area contributed by atoms with Crippen molar-refractivity contribution < 1.29 is 9.90 Å². The summed E-state index contributed by atoms with van der Waals surface area (Å²) in [6, 6.07) is 0. The standard InChI is InChI=1S/C8H16O2/c1-5-6(2)8(3,4)7(9)10/h6H,5H2,1-4H3,(H,9,10)/t6-/m1/s1. The van der Waals surface area contributed by atoms with E-state index in [1.165, 1.54) is 0 Å². The summed E-state index contributed by atoms with van der Waals surface area (Å²) in [6.07, 6.45) is 0.916. The van der Waals surface area contributed by atoms with Gasteiger partial charge in [-0.15, -0.1) is 0 Å². The monoisotopic (exact) mass is 144 g/mol. The van der Waals surface area contributed by atoms with Crippen LogP contribution in [-0.4, -0.2) is 11.1 Å². The Bertz CT molecular complexity index is 127. The van der Waals surface area contributed by atoms with Gasteiger partial charge in [-0.2, -0.15) is 0 Å². The molecule has 0 aliphatic heterocycles. The van der Waals surface area contributed by atoms with Crippen molar-refractivity contribution in [2.45, 2.75) is 34.1 Å². The van der Waals surface area contributed by atoms with E-state index in [1.54, 1.807) is 13.8 Å². The molecule has 0 aliphatic rings. The molecule has 0 aromatic rings. The van der Waals surface area contributed by atoms with Gasteiger partial charge in [0.1, 0.15) is 0 Å². The third kappa shape index (κ3) is 1.72. The molecule has 0 aliphatic carbocycles. The molecule has 0 aromatic carbocycles. The molecule has 1 atom stereocenters. The fourth-order valence-electron chi connectivity index (χ4n) is 0.721. The Morgan fingerprint density at radius 3 is 2.10 bits per heavy atom. The molecule has 0 amide bonds. The molecule has 0 rings (SSSR count). The van der Waals surface area contributed by atoms with E-state index in [4.69, 9.17) is 5.11 Å². The summed E-state index contributed by atoms with van der Waals surface area (Å²) in [5, 5.41) is 8.74. The minimum absolute atomic E-state index is 0.241. The van der Waals surface area contributed by atoms with Crippen LogP contribution < -0.4 is 0 Å². The number of hydrogen-bond acceptors (Lipinski definition) is 1. The highest BCUT2D eigenvalue weighted by atomic mass is 16.4. The number of aliphatic carboxylic acids is 1. The molecule has 0 bridgehead atoms. The number of carboxylic acids is 1. The molecule has 0 aromatic heterocycles. The molecule has 1 N–H and O–H groups in total. The summed E-state index contributed by atoms with van der Waals surface area (Å²) in [6.45, 7) is 7.51. The van der Waals surface area contributed by atoms with Crippen molar-refractivity contribution in [2.24, 2.45) is 11.3 Å². The van der Waals surface area contributed by atoms with E-state index in [-0.39, 0.29) is 5.92 Å². The average Bonchev–Trinajstić information content (AvgIpc) is 1.86. The van der Waals surface area contributed by atoms with Crippen molar-refractivity contribution in [1.29, 1.82) is 0 Å². The second-order valence-electron chi connectivity index (χ2n) is 3.34. The first-order valence-corrected chi connectivity index (χ1v) is 3.66.